The molecule has 0 saturated carbocycles. The van der Waals surface area contributed by atoms with Gasteiger partial charge in [-0.1, -0.05) is 28.1 Å². The van der Waals surface area contributed by atoms with Crippen molar-refractivity contribution in [2.75, 3.05) is 19.0 Å². The van der Waals surface area contributed by atoms with Gasteiger partial charge < -0.3 is 10.1 Å². The van der Waals surface area contributed by atoms with Gasteiger partial charge in [0.05, 0.1) is 22.2 Å². The third-order valence-corrected chi connectivity index (χ3v) is 6.50. The first kappa shape index (κ1) is 22.1. The molecule has 0 aliphatic carbocycles. The van der Waals surface area contributed by atoms with Gasteiger partial charge in [0.15, 0.2) is 0 Å². The van der Waals surface area contributed by atoms with Crippen molar-refractivity contribution >= 4 is 88.4 Å². The summed E-state index contributed by atoms with van der Waals surface area (Å²) in [6, 6.07) is 10.7. The molecule has 150 valence electrons. The Hall–Kier alpha value is -1.62. The van der Waals surface area contributed by atoms with E-state index in [0.717, 1.165) is 21.1 Å². The van der Waals surface area contributed by atoms with Gasteiger partial charge in [0.25, 0.3) is 11.1 Å². The van der Waals surface area contributed by atoms with Crippen LogP contribution < -0.4 is 10.1 Å². The molecular weight excluding hydrogens is 592 g/mol. The van der Waals surface area contributed by atoms with Crippen LogP contribution in [-0.2, 0) is 9.59 Å². The maximum Gasteiger partial charge on any atom is 0.294 e. The van der Waals surface area contributed by atoms with Crippen molar-refractivity contribution in [3.63, 3.8) is 0 Å². The number of para-hydroxylation sites is 1. The summed E-state index contributed by atoms with van der Waals surface area (Å²) in [5.41, 5.74) is 1.18. The number of imide groups is 1. The number of ether oxygens (including phenoxy) is 1. The van der Waals surface area contributed by atoms with Crippen molar-refractivity contribution in [3.05, 3.63) is 60.3 Å². The van der Waals surface area contributed by atoms with Crippen LogP contribution in [0.15, 0.2) is 54.7 Å². The van der Waals surface area contributed by atoms with Crippen LogP contribution in [0.5, 0.6) is 5.75 Å². The summed E-state index contributed by atoms with van der Waals surface area (Å²) in [5, 5.41) is 2.18. The summed E-state index contributed by atoms with van der Waals surface area (Å²) in [4.78, 5) is 38.5. The molecule has 1 aliphatic rings. The summed E-state index contributed by atoms with van der Waals surface area (Å²) in [7, 11) is 1.52. The summed E-state index contributed by atoms with van der Waals surface area (Å²) >= 11 is 10.9. The number of rotatable bonds is 5. The molecule has 1 aliphatic heterocycles. The third kappa shape index (κ3) is 5.11. The topological polar surface area (TPSA) is 75.7 Å². The normalized spacial score (nSPS) is 15.2. The Morgan fingerprint density at radius 3 is 2.59 bits per heavy atom. The van der Waals surface area contributed by atoms with Crippen LogP contribution in [0.2, 0.25) is 0 Å². The highest BCUT2D eigenvalue weighted by Gasteiger charge is 2.36. The first-order valence-corrected chi connectivity index (χ1v) is 11.3. The number of benzene rings is 2. The SMILES string of the molecule is COc1c(Br)cc(Br)cc1/C=C1/SC(=O)N(CC(=O)Nc2ccccc2Br)C1=O. The van der Waals surface area contributed by atoms with E-state index >= 15 is 0 Å². The van der Waals surface area contributed by atoms with Gasteiger partial charge in [-0.2, -0.15) is 0 Å². The van der Waals surface area contributed by atoms with E-state index in [1.165, 1.54) is 7.11 Å². The van der Waals surface area contributed by atoms with Crippen LogP contribution in [0.4, 0.5) is 10.5 Å². The summed E-state index contributed by atoms with van der Waals surface area (Å²) < 4.78 is 7.56. The average Bonchev–Trinajstić information content (AvgIpc) is 2.91. The van der Waals surface area contributed by atoms with Crippen LogP contribution in [0.25, 0.3) is 6.08 Å². The second-order valence-corrected chi connectivity index (χ2v) is 9.42. The molecule has 29 heavy (non-hydrogen) atoms. The molecule has 2 aromatic rings. The molecule has 1 fully saturated rings. The van der Waals surface area contributed by atoms with Crippen LogP contribution in [0.1, 0.15) is 5.56 Å². The number of nitrogens with one attached hydrogen (secondary N) is 1. The lowest BCUT2D eigenvalue weighted by Gasteiger charge is -2.13. The maximum absolute atomic E-state index is 12.7. The predicted octanol–water partition coefficient (Wildman–Crippen LogP) is 5.66. The zero-order valence-corrected chi connectivity index (χ0v) is 20.4. The second-order valence-electron chi connectivity index (χ2n) is 5.81. The van der Waals surface area contributed by atoms with Crippen LogP contribution >= 0.6 is 59.6 Å². The van der Waals surface area contributed by atoms with E-state index in [1.54, 1.807) is 30.3 Å². The van der Waals surface area contributed by atoms with Gasteiger partial charge >= 0.3 is 0 Å². The highest BCUT2D eigenvalue weighted by atomic mass is 79.9. The van der Waals surface area contributed by atoms with Crippen LogP contribution in [-0.4, -0.2) is 35.6 Å². The average molecular weight is 605 g/mol. The summed E-state index contributed by atoms with van der Waals surface area (Å²) in [6.45, 7) is -0.372. The van der Waals surface area contributed by atoms with Gasteiger partial charge in [0, 0.05) is 14.5 Å². The molecule has 3 rings (SSSR count). The molecule has 1 saturated heterocycles. The molecular formula is C19H13Br3N2O4S. The molecule has 6 nitrogen and oxygen atoms in total. The van der Waals surface area contributed by atoms with Crippen molar-refractivity contribution in [3.8, 4) is 5.75 Å². The van der Waals surface area contributed by atoms with E-state index in [9.17, 15) is 14.4 Å². The Bertz CT molecular complexity index is 1040. The van der Waals surface area contributed by atoms with Gasteiger partial charge in [0.1, 0.15) is 12.3 Å². The van der Waals surface area contributed by atoms with Gasteiger partial charge in [-0.25, -0.2) is 0 Å². The van der Waals surface area contributed by atoms with E-state index in [-0.39, 0.29) is 11.4 Å². The number of carbonyl (C=O) groups is 3. The van der Waals surface area contributed by atoms with Gasteiger partial charge in [-0.15, -0.1) is 0 Å². The van der Waals surface area contributed by atoms with Crippen molar-refractivity contribution in [1.82, 2.24) is 4.90 Å². The number of anilines is 1. The van der Waals surface area contributed by atoms with Crippen LogP contribution in [0.3, 0.4) is 0 Å². The van der Waals surface area contributed by atoms with Gasteiger partial charge in [-0.3, -0.25) is 19.3 Å². The fourth-order valence-corrected chi connectivity index (χ4v) is 5.21. The van der Waals surface area contributed by atoms with Gasteiger partial charge in [0.2, 0.25) is 5.91 Å². The van der Waals surface area contributed by atoms with Crippen molar-refractivity contribution in [1.29, 1.82) is 0 Å². The summed E-state index contributed by atoms with van der Waals surface area (Å²) in [6.07, 6.45) is 1.57. The van der Waals surface area contributed by atoms with Crippen molar-refractivity contribution < 1.29 is 19.1 Å². The fraction of sp³-hybridized carbons (Fsp3) is 0.105. The quantitative estimate of drug-likeness (QED) is 0.446. The van der Waals surface area contributed by atoms with E-state index in [4.69, 9.17) is 4.74 Å². The standard InChI is InChI=1S/C19H13Br3N2O4S/c1-28-17-10(6-11(20)8-13(17)22)7-15-18(26)24(19(27)29-15)9-16(25)23-14-5-3-2-4-12(14)21/h2-8H,9H2,1H3,(H,23,25)/b15-7+. The first-order chi connectivity index (χ1) is 13.8. The molecule has 2 aromatic carbocycles. The van der Waals surface area contributed by atoms with Crippen molar-refractivity contribution in [2.24, 2.45) is 0 Å². The fourth-order valence-electron chi connectivity index (χ4n) is 2.58. The molecule has 0 spiro atoms. The minimum absolute atomic E-state index is 0.215. The minimum atomic E-state index is -0.527. The lowest BCUT2D eigenvalue weighted by atomic mass is 10.2. The second kappa shape index (κ2) is 9.46. The molecule has 10 heteroatoms. The third-order valence-electron chi connectivity index (χ3n) is 3.85. The Morgan fingerprint density at radius 2 is 1.90 bits per heavy atom. The molecule has 0 bridgehead atoms. The minimum Gasteiger partial charge on any atom is -0.495 e. The lowest BCUT2D eigenvalue weighted by Crippen LogP contribution is -2.36. The number of halogens is 3. The molecule has 0 radical (unpaired) electrons. The van der Waals surface area contributed by atoms with Gasteiger partial charge in [-0.05, 0) is 74.0 Å². The number of hydrogen-bond acceptors (Lipinski definition) is 5. The zero-order chi connectivity index (χ0) is 21.1. The summed E-state index contributed by atoms with van der Waals surface area (Å²) in [5.74, 6) is -0.463. The Balaban J connectivity index is 1.79. The van der Waals surface area contributed by atoms with Crippen molar-refractivity contribution in [2.45, 2.75) is 0 Å². The van der Waals surface area contributed by atoms with Crippen LogP contribution in [0, 0.1) is 0 Å². The molecule has 0 unspecified atom stereocenters. The smallest absolute Gasteiger partial charge is 0.294 e. The zero-order valence-electron chi connectivity index (χ0n) is 14.9. The number of thioether (sulfide) groups is 1. The Morgan fingerprint density at radius 1 is 1.17 bits per heavy atom. The molecule has 1 heterocycles. The molecule has 3 amide bonds. The monoisotopic (exact) mass is 602 g/mol. The van der Waals surface area contributed by atoms with E-state index in [1.807, 2.05) is 12.1 Å². The molecule has 0 atom stereocenters. The number of amides is 3. The largest absolute Gasteiger partial charge is 0.495 e. The van der Waals surface area contributed by atoms with E-state index in [0.29, 0.717) is 25.9 Å². The highest BCUT2D eigenvalue weighted by molar-refractivity contribution is 9.11. The number of nitrogens with zero attached hydrogens (tertiary/aromatic N) is 1. The lowest BCUT2D eigenvalue weighted by molar-refractivity contribution is -0.127. The van der Waals surface area contributed by atoms with E-state index < -0.39 is 17.1 Å². The number of hydrogen-bond donors (Lipinski definition) is 1. The molecule has 1 N–H and O–H groups in total. The Kier molecular flexibility index (Phi) is 7.20. The number of carbonyl (C=O) groups excluding carboxylic acids is 3. The predicted molar refractivity (Wildman–Crippen MR) is 124 cm³/mol. The molecule has 0 aromatic heterocycles. The number of methoxy groups -OCH3 is 1. The Labute approximate surface area is 196 Å². The highest BCUT2D eigenvalue weighted by Crippen LogP contribution is 2.38. The maximum atomic E-state index is 12.7. The first-order valence-electron chi connectivity index (χ1n) is 8.13. The van der Waals surface area contributed by atoms with E-state index in [2.05, 4.69) is 53.1 Å².